The number of hydrogen-bond donors (Lipinski definition) is 1. The minimum atomic E-state index is -0.481. The number of H-pyrrole nitrogens is 1. The molecule has 0 aliphatic carbocycles. The second-order valence-corrected chi connectivity index (χ2v) is 6.40. The molecule has 0 fully saturated rings. The fraction of sp³-hybridized carbons (Fsp3) is 0.0476. The van der Waals surface area contributed by atoms with Gasteiger partial charge >= 0.3 is 0 Å². The summed E-state index contributed by atoms with van der Waals surface area (Å²) in [6.45, 7) is 0. The van der Waals surface area contributed by atoms with Crippen LogP contribution in [0.2, 0.25) is 0 Å². The van der Waals surface area contributed by atoms with Crippen molar-refractivity contribution < 1.29 is 9.66 Å². The number of nitrogens with one attached hydrogen (secondary N) is 1. The monoisotopic (exact) mass is 386 g/mol. The number of nitrogens with zero attached hydrogens (tertiary/aromatic N) is 3. The number of benzene rings is 2. The second-order valence-electron chi connectivity index (χ2n) is 6.40. The molecule has 29 heavy (non-hydrogen) atoms. The number of ether oxygens (including phenoxy) is 1. The maximum absolute atomic E-state index is 12.4. The highest BCUT2D eigenvalue weighted by molar-refractivity contribution is 5.96. The molecule has 2 aromatic heterocycles. The third-order valence-corrected chi connectivity index (χ3v) is 4.57. The number of nitro groups is 1. The highest BCUT2D eigenvalue weighted by Crippen LogP contribution is 2.38. The molecule has 0 spiro atoms. The largest absolute Gasteiger partial charge is 0.457 e. The first-order valence-corrected chi connectivity index (χ1v) is 8.61. The van der Waals surface area contributed by atoms with Gasteiger partial charge in [-0.25, -0.2) is 0 Å². The topological polar surface area (TPSA) is 114 Å². The number of nitro benzene ring substituents is 1. The highest BCUT2D eigenvalue weighted by atomic mass is 16.6. The zero-order valence-corrected chi connectivity index (χ0v) is 15.2. The maximum Gasteiger partial charge on any atom is 0.274 e. The molecular weight excluding hydrogens is 372 g/mol. The summed E-state index contributed by atoms with van der Waals surface area (Å²) < 4.78 is 7.38. The van der Waals surface area contributed by atoms with Crippen LogP contribution in [0.5, 0.6) is 11.5 Å². The van der Waals surface area contributed by atoms with Crippen molar-refractivity contribution in [2.45, 2.75) is 0 Å². The predicted octanol–water partition coefficient (Wildman–Crippen LogP) is 4.11. The first kappa shape index (κ1) is 18.0. The number of rotatable bonds is 4. The Balaban J connectivity index is 1.92. The second kappa shape index (κ2) is 6.98. The van der Waals surface area contributed by atoms with E-state index in [0.717, 1.165) is 0 Å². The minimum Gasteiger partial charge on any atom is -0.457 e. The molecule has 1 N–H and O–H groups in total. The first-order chi connectivity index (χ1) is 14.0. The van der Waals surface area contributed by atoms with Crippen LogP contribution in [-0.4, -0.2) is 14.5 Å². The first-order valence-electron chi connectivity index (χ1n) is 8.61. The molecule has 0 saturated heterocycles. The van der Waals surface area contributed by atoms with Crippen molar-refractivity contribution in [1.29, 1.82) is 5.26 Å². The van der Waals surface area contributed by atoms with Crippen molar-refractivity contribution in [1.82, 2.24) is 9.55 Å². The summed E-state index contributed by atoms with van der Waals surface area (Å²) in [6.07, 6.45) is 3.28. The number of non-ortho nitro benzene ring substituents is 1. The third-order valence-electron chi connectivity index (χ3n) is 4.57. The predicted molar refractivity (Wildman–Crippen MR) is 107 cm³/mol. The lowest BCUT2D eigenvalue weighted by atomic mass is 10.0. The van der Waals surface area contributed by atoms with Crippen molar-refractivity contribution in [3.8, 4) is 28.7 Å². The molecule has 0 aliphatic heterocycles. The molecule has 142 valence electrons. The third kappa shape index (κ3) is 3.21. The van der Waals surface area contributed by atoms with Crippen LogP contribution >= 0.6 is 0 Å². The van der Waals surface area contributed by atoms with E-state index in [0.29, 0.717) is 39.1 Å². The zero-order chi connectivity index (χ0) is 20.5. The summed E-state index contributed by atoms with van der Waals surface area (Å²) in [7, 11) is 1.62. The van der Waals surface area contributed by atoms with Crippen LogP contribution in [0.1, 0.15) is 5.56 Å². The van der Waals surface area contributed by atoms with Crippen molar-refractivity contribution in [3.05, 3.63) is 87.0 Å². The van der Waals surface area contributed by atoms with E-state index in [2.05, 4.69) is 4.98 Å². The van der Waals surface area contributed by atoms with Crippen LogP contribution in [0.4, 0.5) is 5.69 Å². The number of nitriles is 1. The van der Waals surface area contributed by atoms with Crippen LogP contribution in [0.15, 0.2) is 65.7 Å². The van der Waals surface area contributed by atoms with Crippen LogP contribution in [0.3, 0.4) is 0 Å². The molecule has 4 aromatic rings. The lowest BCUT2D eigenvalue weighted by Gasteiger charge is -2.13. The van der Waals surface area contributed by atoms with E-state index in [4.69, 9.17) is 10.00 Å². The maximum atomic E-state index is 12.4. The van der Waals surface area contributed by atoms with Gasteiger partial charge in [0.1, 0.15) is 17.0 Å². The van der Waals surface area contributed by atoms with Crippen LogP contribution in [0, 0.1) is 21.4 Å². The summed E-state index contributed by atoms with van der Waals surface area (Å²) >= 11 is 0. The number of hydrogen-bond acceptors (Lipinski definition) is 5. The number of pyridine rings is 1. The van der Waals surface area contributed by atoms with Crippen LogP contribution in [0.25, 0.3) is 22.0 Å². The normalized spacial score (nSPS) is 10.6. The Kier molecular flexibility index (Phi) is 4.33. The molecule has 8 heteroatoms. The van der Waals surface area contributed by atoms with E-state index >= 15 is 0 Å². The van der Waals surface area contributed by atoms with Gasteiger partial charge in [0.15, 0.2) is 0 Å². The Hall–Kier alpha value is -4.38. The molecule has 0 atom stereocenters. The van der Waals surface area contributed by atoms with Gasteiger partial charge in [0.2, 0.25) is 0 Å². The SMILES string of the molecule is Cn1cc(-c2cc([N+](=O)[O-])ccc2Oc2ccc(C#N)cc2)c2cc[nH]c2c1=O. The Morgan fingerprint density at radius 1 is 1.14 bits per heavy atom. The smallest absolute Gasteiger partial charge is 0.274 e. The molecule has 0 aliphatic rings. The number of aryl methyl sites for hydroxylation is 1. The van der Waals surface area contributed by atoms with Gasteiger partial charge in [0.05, 0.1) is 16.6 Å². The lowest BCUT2D eigenvalue weighted by Crippen LogP contribution is -2.16. The van der Waals surface area contributed by atoms with E-state index in [9.17, 15) is 14.9 Å². The molecule has 0 saturated carbocycles. The molecule has 0 bridgehead atoms. The molecule has 0 unspecified atom stereocenters. The van der Waals surface area contributed by atoms with Crippen LogP contribution in [-0.2, 0) is 7.05 Å². The molecular formula is C21H14N4O4. The van der Waals surface area contributed by atoms with Gasteiger partial charge in [-0.05, 0) is 36.4 Å². The van der Waals surface area contributed by atoms with Gasteiger partial charge < -0.3 is 14.3 Å². The fourth-order valence-corrected chi connectivity index (χ4v) is 3.14. The van der Waals surface area contributed by atoms with Crippen LogP contribution < -0.4 is 10.3 Å². The zero-order valence-electron chi connectivity index (χ0n) is 15.2. The molecule has 2 aromatic carbocycles. The van der Waals surface area contributed by atoms with Crippen molar-refractivity contribution in [2.75, 3.05) is 0 Å². The Morgan fingerprint density at radius 3 is 2.59 bits per heavy atom. The average Bonchev–Trinajstić information content (AvgIpc) is 3.22. The summed E-state index contributed by atoms with van der Waals surface area (Å²) in [5.74, 6) is 0.871. The van der Waals surface area contributed by atoms with Crippen molar-refractivity contribution in [2.24, 2.45) is 7.05 Å². The minimum absolute atomic E-state index is 0.0929. The standard InChI is InChI=1S/C21H14N4O4/c1-24-12-18(16-8-9-23-20(16)21(24)26)17-10-14(25(27)28)4-7-19(17)29-15-5-2-13(11-22)3-6-15/h2-10,12,23H,1H3. The summed E-state index contributed by atoms with van der Waals surface area (Å²) in [5, 5.41) is 20.9. The Morgan fingerprint density at radius 2 is 1.90 bits per heavy atom. The average molecular weight is 386 g/mol. The highest BCUT2D eigenvalue weighted by Gasteiger charge is 2.18. The van der Waals surface area contributed by atoms with Gasteiger partial charge in [0.25, 0.3) is 11.2 Å². The van der Waals surface area contributed by atoms with E-state index in [1.54, 1.807) is 49.8 Å². The molecule has 2 heterocycles. The molecule has 0 amide bonds. The molecule has 8 nitrogen and oxygen atoms in total. The fourth-order valence-electron chi connectivity index (χ4n) is 3.14. The van der Waals surface area contributed by atoms with Gasteiger partial charge in [-0.2, -0.15) is 5.26 Å². The summed E-state index contributed by atoms with van der Waals surface area (Å²) in [4.78, 5) is 26.1. The van der Waals surface area contributed by atoms with Gasteiger partial charge in [-0.3, -0.25) is 14.9 Å². The van der Waals surface area contributed by atoms with Gasteiger partial charge in [-0.15, -0.1) is 0 Å². The summed E-state index contributed by atoms with van der Waals surface area (Å²) in [5.41, 5.74) is 1.70. The molecule has 0 radical (unpaired) electrons. The Bertz CT molecular complexity index is 1340. The van der Waals surface area contributed by atoms with E-state index in [1.807, 2.05) is 6.07 Å². The van der Waals surface area contributed by atoms with Crippen molar-refractivity contribution in [3.63, 3.8) is 0 Å². The number of fused-ring (bicyclic) bond motifs is 1. The van der Waals surface area contributed by atoms with E-state index in [-0.39, 0.29) is 11.2 Å². The number of aromatic nitrogens is 2. The van der Waals surface area contributed by atoms with E-state index < -0.39 is 4.92 Å². The number of aromatic amines is 1. The molecule has 4 rings (SSSR count). The lowest BCUT2D eigenvalue weighted by molar-refractivity contribution is -0.384. The van der Waals surface area contributed by atoms with Gasteiger partial charge in [-0.1, -0.05) is 0 Å². The van der Waals surface area contributed by atoms with Crippen molar-refractivity contribution >= 4 is 16.6 Å². The summed E-state index contributed by atoms with van der Waals surface area (Å²) in [6, 6.07) is 14.6. The van der Waals surface area contributed by atoms with Gasteiger partial charge in [0, 0.05) is 48.1 Å². The van der Waals surface area contributed by atoms with E-state index in [1.165, 1.54) is 22.8 Å². The quantitative estimate of drug-likeness (QED) is 0.419. The Labute approximate surface area is 164 Å².